The molecular formula is C13H18ClFN2. The molecule has 0 aliphatic carbocycles. The summed E-state index contributed by atoms with van der Waals surface area (Å²) in [5, 5.41) is 0. The molecule has 0 bridgehead atoms. The first kappa shape index (κ1) is 12.8. The van der Waals surface area contributed by atoms with Crippen molar-refractivity contribution in [3.8, 4) is 0 Å². The van der Waals surface area contributed by atoms with E-state index in [1.54, 1.807) is 0 Å². The van der Waals surface area contributed by atoms with Crippen LogP contribution in [0.5, 0.6) is 0 Å². The van der Waals surface area contributed by atoms with Crippen molar-refractivity contribution < 1.29 is 4.39 Å². The first-order valence-corrected chi connectivity index (χ1v) is 6.56. The van der Waals surface area contributed by atoms with Crippen LogP contribution in [0.2, 0.25) is 0 Å². The maximum atomic E-state index is 12.8. The molecule has 94 valence electrons. The van der Waals surface area contributed by atoms with Gasteiger partial charge in [0.1, 0.15) is 5.82 Å². The van der Waals surface area contributed by atoms with E-state index in [9.17, 15) is 4.39 Å². The average Bonchev–Trinajstić information content (AvgIpc) is 2.35. The van der Waals surface area contributed by atoms with Gasteiger partial charge < -0.3 is 0 Å². The van der Waals surface area contributed by atoms with Gasteiger partial charge in [-0.2, -0.15) is 0 Å². The zero-order chi connectivity index (χ0) is 12.1. The number of hydrogen-bond donors (Lipinski definition) is 0. The Morgan fingerprint density at radius 2 is 1.59 bits per heavy atom. The van der Waals surface area contributed by atoms with Gasteiger partial charge in [0.05, 0.1) is 0 Å². The van der Waals surface area contributed by atoms with Crippen LogP contribution in [0.4, 0.5) is 4.39 Å². The van der Waals surface area contributed by atoms with Crippen molar-refractivity contribution in [3.05, 3.63) is 35.6 Å². The standard InChI is InChI=1S/C13H18ClFN2/c14-5-6-16-7-9-17(10-8-16)11-12-1-3-13(15)4-2-12/h1-4H,5-11H2. The van der Waals surface area contributed by atoms with E-state index in [1.807, 2.05) is 12.1 Å². The predicted octanol–water partition coefficient (Wildman–Crippen LogP) is 2.18. The second-order valence-electron chi connectivity index (χ2n) is 4.43. The summed E-state index contributed by atoms with van der Waals surface area (Å²) in [6.45, 7) is 6.17. The minimum atomic E-state index is -0.166. The van der Waals surface area contributed by atoms with Crippen molar-refractivity contribution in [1.82, 2.24) is 9.80 Å². The molecule has 2 rings (SSSR count). The largest absolute Gasteiger partial charge is 0.300 e. The van der Waals surface area contributed by atoms with Gasteiger partial charge in [-0.3, -0.25) is 9.80 Å². The third-order valence-corrected chi connectivity index (χ3v) is 3.35. The van der Waals surface area contributed by atoms with E-state index in [0.29, 0.717) is 5.88 Å². The average molecular weight is 257 g/mol. The highest BCUT2D eigenvalue weighted by molar-refractivity contribution is 6.18. The molecule has 17 heavy (non-hydrogen) atoms. The van der Waals surface area contributed by atoms with Gasteiger partial charge in [-0.25, -0.2) is 4.39 Å². The number of benzene rings is 1. The summed E-state index contributed by atoms with van der Waals surface area (Å²) in [6.07, 6.45) is 0. The summed E-state index contributed by atoms with van der Waals surface area (Å²) in [7, 11) is 0. The molecule has 1 aromatic carbocycles. The molecule has 0 saturated carbocycles. The Labute approximate surface area is 107 Å². The quantitative estimate of drug-likeness (QED) is 0.762. The summed E-state index contributed by atoms with van der Waals surface area (Å²) < 4.78 is 12.8. The monoisotopic (exact) mass is 256 g/mol. The van der Waals surface area contributed by atoms with Gasteiger partial charge in [0, 0.05) is 45.1 Å². The Morgan fingerprint density at radius 3 is 2.18 bits per heavy atom. The molecule has 1 fully saturated rings. The maximum absolute atomic E-state index is 12.8. The van der Waals surface area contributed by atoms with Crippen molar-refractivity contribution in [2.24, 2.45) is 0 Å². The fraction of sp³-hybridized carbons (Fsp3) is 0.538. The van der Waals surface area contributed by atoms with Crippen molar-refractivity contribution in [2.75, 3.05) is 38.6 Å². The molecular weight excluding hydrogens is 239 g/mol. The third-order valence-electron chi connectivity index (χ3n) is 3.19. The Bertz CT molecular complexity index is 334. The molecule has 0 aromatic heterocycles. The van der Waals surface area contributed by atoms with Crippen LogP contribution in [-0.2, 0) is 6.54 Å². The molecule has 0 unspecified atom stereocenters. The van der Waals surface area contributed by atoms with E-state index >= 15 is 0 Å². The third kappa shape index (κ3) is 3.95. The highest BCUT2D eigenvalue weighted by atomic mass is 35.5. The molecule has 1 saturated heterocycles. The van der Waals surface area contributed by atoms with Gasteiger partial charge in [-0.05, 0) is 17.7 Å². The van der Waals surface area contributed by atoms with Crippen molar-refractivity contribution in [2.45, 2.75) is 6.54 Å². The number of halogens is 2. The number of nitrogens with zero attached hydrogens (tertiary/aromatic N) is 2. The van der Waals surface area contributed by atoms with Gasteiger partial charge in [-0.1, -0.05) is 12.1 Å². The molecule has 1 aliphatic rings. The second kappa shape index (κ2) is 6.34. The van der Waals surface area contributed by atoms with Gasteiger partial charge in [0.2, 0.25) is 0 Å². The van der Waals surface area contributed by atoms with E-state index in [4.69, 9.17) is 11.6 Å². The van der Waals surface area contributed by atoms with Crippen LogP contribution in [0.1, 0.15) is 5.56 Å². The normalized spacial score (nSPS) is 18.5. The van der Waals surface area contributed by atoms with Crippen LogP contribution < -0.4 is 0 Å². The topological polar surface area (TPSA) is 6.48 Å². The summed E-state index contributed by atoms with van der Waals surface area (Å²) in [6, 6.07) is 6.78. The van der Waals surface area contributed by atoms with Crippen LogP contribution >= 0.6 is 11.6 Å². The van der Waals surface area contributed by atoms with Crippen molar-refractivity contribution in [3.63, 3.8) is 0 Å². The summed E-state index contributed by atoms with van der Waals surface area (Å²) in [5.74, 6) is 0.540. The lowest BCUT2D eigenvalue weighted by Gasteiger charge is -2.34. The highest BCUT2D eigenvalue weighted by Crippen LogP contribution is 2.09. The molecule has 1 heterocycles. The Balaban J connectivity index is 1.79. The number of alkyl halides is 1. The van der Waals surface area contributed by atoms with Crippen molar-refractivity contribution >= 4 is 11.6 Å². The number of rotatable bonds is 4. The number of hydrogen-bond acceptors (Lipinski definition) is 2. The predicted molar refractivity (Wildman–Crippen MR) is 68.8 cm³/mol. The smallest absolute Gasteiger partial charge is 0.123 e. The van der Waals surface area contributed by atoms with E-state index in [1.165, 1.54) is 17.7 Å². The second-order valence-corrected chi connectivity index (χ2v) is 4.81. The Morgan fingerprint density at radius 1 is 1.00 bits per heavy atom. The molecule has 0 radical (unpaired) electrons. The molecule has 0 spiro atoms. The summed E-state index contributed by atoms with van der Waals surface area (Å²) in [4.78, 5) is 4.78. The highest BCUT2D eigenvalue weighted by Gasteiger charge is 2.16. The van der Waals surface area contributed by atoms with Gasteiger partial charge in [-0.15, -0.1) is 11.6 Å². The molecule has 0 atom stereocenters. The first-order chi connectivity index (χ1) is 8.28. The Hall–Kier alpha value is -0.640. The van der Waals surface area contributed by atoms with Gasteiger partial charge in [0.25, 0.3) is 0 Å². The molecule has 2 nitrogen and oxygen atoms in total. The molecule has 1 aliphatic heterocycles. The summed E-state index contributed by atoms with van der Waals surface area (Å²) in [5.41, 5.74) is 1.18. The Kier molecular flexibility index (Phi) is 4.77. The molecule has 1 aromatic rings. The lowest BCUT2D eigenvalue weighted by atomic mass is 10.2. The minimum absolute atomic E-state index is 0.166. The first-order valence-electron chi connectivity index (χ1n) is 6.03. The summed E-state index contributed by atoms with van der Waals surface area (Å²) >= 11 is 5.73. The SMILES string of the molecule is Fc1ccc(CN2CCN(CCCl)CC2)cc1. The minimum Gasteiger partial charge on any atom is -0.300 e. The molecule has 0 amide bonds. The lowest BCUT2D eigenvalue weighted by Crippen LogP contribution is -2.46. The van der Waals surface area contributed by atoms with Crippen LogP contribution in [0.15, 0.2) is 24.3 Å². The lowest BCUT2D eigenvalue weighted by molar-refractivity contribution is 0.132. The van der Waals surface area contributed by atoms with E-state index in [-0.39, 0.29) is 5.82 Å². The van der Waals surface area contributed by atoms with Crippen LogP contribution in [0.3, 0.4) is 0 Å². The fourth-order valence-electron chi connectivity index (χ4n) is 2.14. The zero-order valence-corrected chi connectivity index (χ0v) is 10.7. The van der Waals surface area contributed by atoms with E-state index < -0.39 is 0 Å². The zero-order valence-electron chi connectivity index (χ0n) is 9.91. The van der Waals surface area contributed by atoms with Gasteiger partial charge >= 0.3 is 0 Å². The molecule has 4 heteroatoms. The van der Waals surface area contributed by atoms with E-state index in [0.717, 1.165) is 39.3 Å². The van der Waals surface area contributed by atoms with Crippen LogP contribution in [0, 0.1) is 5.82 Å². The maximum Gasteiger partial charge on any atom is 0.123 e. The van der Waals surface area contributed by atoms with Gasteiger partial charge in [0.15, 0.2) is 0 Å². The van der Waals surface area contributed by atoms with Crippen LogP contribution in [-0.4, -0.2) is 48.4 Å². The van der Waals surface area contributed by atoms with E-state index in [2.05, 4.69) is 9.80 Å². The fourth-order valence-corrected chi connectivity index (χ4v) is 2.38. The van der Waals surface area contributed by atoms with Crippen molar-refractivity contribution in [1.29, 1.82) is 0 Å². The number of piperazine rings is 1. The van der Waals surface area contributed by atoms with Crippen LogP contribution in [0.25, 0.3) is 0 Å². The molecule has 0 N–H and O–H groups in total.